The van der Waals surface area contributed by atoms with Crippen molar-refractivity contribution in [1.29, 1.82) is 0 Å². The van der Waals surface area contributed by atoms with E-state index in [0.717, 1.165) is 96.3 Å². The molecular weight excluding hydrogens is 769 g/mol. The third-order valence-electron chi connectivity index (χ3n) is 11.2. The first kappa shape index (κ1) is 59.1. The van der Waals surface area contributed by atoms with Crippen molar-refractivity contribution in [1.82, 2.24) is 0 Å². The van der Waals surface area contributed by atoms with E-state index in [-0.39, 0.29) is 31.1 Å². The zero-order valence-electron chi connectivity index (χ0n) is 40.9. The lowest BCUT2D eigenvalue weighted by Crippen LogP contribution is -2.30. The van der Waals surface area contributed by atoms with Crippen LogP contribution < -0.4 is 0 Å². The van der Waals surface area contributed by atoms with Crippen molar-refractivity contribution in [3.63, 3.8) is 0 Å². The van der Waals surface area contributed by atoms with Crippen LogP contribution in [0, 0.1) is 0 Å². The summed E-state index contributed by atoms with van der Waals surface area (Å²) in [4.78, 5) is 37.9. The van der Waals surface area contributed by atoms with Gasteiger partial charge in [0.2, 0.25) is 0 Å². The fraction of sp³-hybridized carbons (Fsp3) is 0.768. The van der Waals surface area contributed by atoms with E-state index in [1.54, 1.807) is 0 Å². The largest absolute Gasteiger partial charge is 0.462 e. The smallest absolute Gasteiger partial charge is 0.306 e. The van der Waals surface area contributed by atoms with Gasteiger partial charge in [-0.25, -0.2) is 0 Å². The Hall–Kier alpha value is -2.89. The maximum absolute atomic E-state index is 12.7. The normalized spacial score (nSPS) is 12.5. The molecule has 0 bridgehead atoms. The van der Waals surface area contributed by atoms with E-state index in [0.29, 0.717) is 19.3 Å². The molecule has 1 atom stereocenters. The minimum atomic E-state index is -0.774. The summed E-state index contributed by atoms with van der Waals surface area (Å²) in [5.74, 6) is -0.888. The second kappa shape index (κ2) is 50.8. The SMILES string of the molecule is CC/C=C\C/C=C\C/C=C\C/C=C\CCCCCCCCCCCCC(=O)OCC(COC(=O)CCCCCCC/C=C\CCC)OC(=O)CCCCCCCCCCCCC. The number of carbonyl (C=O) groups is 3. The molecule has 0 saturated carbocycles. The standard InChI is InChI=1S/C56H98O6/c1-4-7-10-13-16-19-22-23-24-25-26-27-28-29-30-31-32-33-35-37-40-43-46-49-55(58)61-52-53(51-60-54(57)48-45-42-39-36-21-18-15-12-9-6-3)62-56(59)50-47-44-41-38-34-20-17-14-11-8-5-2/h7,10,12,15-16,19,23-24,26-27,53H,4-6,8-9,11,13-14,17-18,20-22,25,28-52H2,1-3H3/b10-7-,15-12-,19-16-,24-23-,27-26-. The maximum Gasteiger partial charge on any atom is 0.306 e. The van der Waals surface area contributed by atoms with Crippen molar-refractivity contribution < 1.29 is 28.6 Å². The summed E-state index contributed by atoms with van der Waals surface area (Å²) >= 11 is 0. The number of esters is 3. The van der Waals surface area contributed by atoms with Crippen LogP contribution >= 0.6 is 0 Å². The fourth-order valence-corrected chi connectivity index (χ4v) is 7.32. The molecule has 0 aromatic heterocycles. The Morgan fingerprint density at radius 2 is 0.661 bits per heavy atom. The Kier molecular flexibility index (Phi) is 48.4. The van der Waals surface area contributed by atoms with Gasteiger partial charge < -0.3 is 14.2 Å². The number of rotatable bonds is 47. The van der Waals surface area contributed by atoms with E-state index in [1.807, 2.05) is 0 Å². The first-order valence-corrected chi connectivity index (χ1v) is 26.3. The van der Waals surface area contributed by atoms with Gasteiger partial charge >= 0.3 is 17.9 Å². The molecule has 0 spiro atoms. The van der Waals surface area contributed by atoms with E-state index in [1.165, 1.54) is 122 Å². The number of ether oxygens (including phenoxy) is 3. The third kappa shape index (κ3) is 48.1. The molecular formula is C56H98O6. The average molecular weight is 867 g/mol. The molecule has 358 valence electrons. The zero-order valence-corrected chi connectivity index (χ0v) is 40.9. The van der Waals surface area contributed by atoms with Crippen LogP contribution in [0.15, 0.2) is 60.8 Å². The Labute approximate surface area is 383 Å². The second-order valence-corrected chi connectivity index (χ2v) is 17.4. The topological polar surface area (TPSA) is 78.9 Å². The summed E-state index contributed by atoms with van der Waals surface area (Å²) < 4.78 is 16.8. The third-order valence-corrected chi connectivity index (χ3v) is 11.2. The lowest BCUT2D eigenvalue weighted by Gasteiger charge is -2.18. The molecule has 0 radical (unpaired) electrons. The molecule has 0 heterocycles. The first-order valence-electron chi connectivity index (χ1n) is 26.3. The summed E-state index contributed by atoms with van der Waals surface area (Å²) in [6, 6.07) is 0. The van der Waals surface area contributed by atoms with Crippen LogP contribution in [0.25, 0.3) is 0 Å². The highest BCUT2D eigenvalue weighted by molar-refractivity contribution is 5.71. The molecule has 0 N–H and O–H groups in total. The van der Waals surface area contributed by atoms with Crippen molar-refractivity contribution in [3.05, 3.63) is 60.8 Å². The molecule has 0 aromatic carbocycles. The summed E-state index contributed by atoms with van der Waals surface area (Å²) in [5.41, 5.74) is 0. The molecule has 0 aliphatic carbocycles. The molecule has 0 aliphatic rings. The highest BCUT2D eigenvalue weighted by Crippen LogP contribution is 2.15. The van der Waals surface area contributed by atoms with Gasteiger partial charge in [-0.2, -0.15) is 0 Å². The van der Waals surface area contributed by atoms with Gasteiger partial charge in [-0.05, 0) is 77.0 Å². The van der Waals surface area contributed by atoms with E-state index < -0.39 is 6.10 Å². The first-order chi connectivity index (χ1) is 30.5. The average Bonchev–Trinajstić information content (AvgIpc) is 3.27. The van der Waals surface area contributed by atoms with Crippen LogP contribution in [-0.4, -0.2) is 37.2 Å². The van der Waals surface area contributed by atoms with Gasteiger partial charge in [-0.15, -0.1) is 0 Å². The highest BCUT2D eigenvalue weighted by Gasteiger charge is 2.19. The fourth-order valence-electron chi connectivity index (χ4n) is 7.32. The molecule has 0 saturated heterocycles. The molecule has 0 amide bonds. The Morgan fingerprint density at radius 3 is 1.06 bits per heavy atom. The summed E-state index contributed by atoms with van der Waals surface area (Å²) in [6.45, 7) is 6.45. The Morgan fingerprint density at radius 1 is 0.339 bits per heavy atom. The van der Waals surface area contributed by atoms with Gasteiger partial charge in [0.1, 0.15) is 13.2 Å². The van der Waals surface area contributed by atoms with Crippen LogP contribution in [0.2, 0.25) is 0 Å². The van der Waals surface area contributed by atoms with Gasteiger partial charge in [-0.3, -0.25) is 14.4 Å². The van der Waals surface area contributed by atoms with Crippen molar-refractivity contribution >= 4 is 17.9 Å². The molecule has 6 nitrogen and oxygen atoms in total. The Balaban J connectivity index is 4.23. The van der Waals surface area contributed by atoms with Gasteiger partial charge in [-0.1, -0.05) is 223 Å². The number of allylic oxidation sites excluding steroid dienone is 10. The van der Waals surface area contributed by atoms with Gasteiger partial charge in [0.15, 0.2) is 6.10 Å². The predicted molar refractivity (Wildman–Crippen MR) is 265 cm³/mol. The minimum absolute atomic E-state index is 0.0771. The summed E-state index contributed by atoms with van der Waals surface area (Å²) in [6.07, 6.45) is 62.1. The van der Waals surface area contributed by atoms with Crippen molar-refractivity contribution in [3.8, 4) is 0 Å². The lowest BCUT2D eigenvalue weighted by atomic mass is 10.1. The van der Waals surface area contributed by atoms with Crippen molar-refractivity contribution in [2.45, 2.75) is 264 Å². The van der Waals surface area contributed by atoms with Crippen LogP contribution in [-0.2, 0) is 28.6 Å². The molecule has 0 fully saturated rings. The Bertz CT molecular complexity index is 1130. The van der Waals surface area contributed by atoms with Crippen molar-refractivity contribution in [2.24, 2.45) is 0 Å². The van der Waals surface area contributed by atoms with E-state index in [9.17, 15) is 14.4 Å². The molecule has 6 heteroatoms. The quantitative estimate of drug-likeness (QED) is 0.0262. The minimum Gasteiger partial charge on any atom is -0.462 e. The van der Waals surface area contributed by atoms with Crippen LogP contribution in [0.4, 0.5) is 0 Å². The zero-order chi connectivity index (χ0) is 45.1. The molecule has 0 rings (SSSR count). The van der Waals surface area contributed by atoms with E-state index >= 15 is 0 Å². The molecule has 0 aromatic rings. The molecule has 1 unspecified atom stereocenters. The monoisotopic (exact) mass is 867 g/mol. The van der Waals surface area contributed by atoms with Gasteiger partial charge in [0, 0.05) is 19.3 Å². The number of hydrogen-bond donors (Lipinski definition) is 0. The summed E-state index contributed by atoms with van der Waals surface area (Å²) in [5, 5.41) is 0. The number of unbranched alkanes of at least 4 members (excludes halogenated alkanes) is 26. The number of carbonyl (C=O) groups excluding carboxylic acids is 3. The molecule has 62 heavy (non-hydrogen) atoms. The maximum atomic E-state index is 12.7. The van der Waals surface area contributed by atoms with Crippen molar-refractivity contribution in [2.75, 3.05) is 13.2 Å². The number of hydrogen-bond acceptors (Lipinski definition) is 6. The highest BCUT2D eigenvalue weighted by atomic mass is 16.6. The van der Waals surface area contributed by atoms with Gasteiger partial charge in [0.25, 0.3) is 0 Å². The predicted octanol–water partition coefficient (Wildman–Crippen LogP) is 17.3. The van der Waals surface area contributed by atoms with Crippen LogP contribution in [0.1, 0.15) is 258 Å². The second-order valence-electron chi connectivity index (χ2n) is 17.4. The van der Waals surface area contributed by atoms with Crippen LogP contribution in [0.3, 0.4) is 0 Å². The summed E-state index contributed by atoms with van der Waals surface area (Å²) in [7, 11) is 0. The van der Waals surface area contributed by atoms with E-state index in [4.69, 9.17) is 14.2 Å². The lowest BCUT2D eigenvalue weighted by molar-refractivity contribution is -0.167. The van der Waals surface area contributed by atoms with Crippen LogP contribution in [0.5, 0.6) is 0 Å². The molecule has 0 aliphatic heterocycles. The van der Waals surface area contributed by atoms with Gasteiger partial charge in [0.05, 0.1) is 0 Å². The van der Waals surface area contributed by atoms with E-state index in [2.05, 4.69) is 81.5 Å².